The minimum atomic E-state index is -4.35. The van der Waals surface area contributed by atoms with Crippen LogP contribution in [0.3, 0.4) is 0 Å². The fourth-order valence-electron chi connectivity index (χ4n) is 3.10. The van der Waals surface area contributed by atoms with E-state index in [9.17, 15) is 8.42 Å². The Balaban J connectivity index is 3.99. The molecule has 0 aliphatic heterocycles. The lowest BCUT2D eigenvalue weighted by atomic mass is 9.99. The van der Waals surface area contributed by atoms with Crippen LogP contribution in [-0.2, 0) is 14.6 Å². The molecule has 156 valence electrons. The SMILES string of the molecule is CCCCCCCC/C=C/C(CCCCCCCCC)COS(=O)(=O)O. The largest absolute Gasteiger partial charge is 0.397 e. The van der Waals surface area contributed by atoms with Crippen molar-refractivity contribution in [2.75, 3.05) is 6.61 Å². The Kier molecular flexibility index (Phi) is 17.7. The maximum absolute atomic E-state index is 10.8. The van der Waals surface area contributed by atoms with Gasteiger partial charge in [0.2, 0.25) is 0 Å². The van der Waals surface area contributed by atoms with Crippen LogP contribution in [0, 0.1) is 5.92 Å². The molecule has 0 aromatic rings. The Bertz CT molecular complexity index is 418. The standard InChI is InChI=1S/C21H42O4S/c1-3-5-7-9-11-13-15-17-19-21(20-25-26(22,23)24)18-16-14-12-10-8-6-4-2/h17,19,21H,3-16,18,20H2,1-2H3,(H,22,23,24)/b19-17+. The molecule has 0 saturated carbocycles. The summed E-state index contributed by atoms with van der Waals surface area (Å²) in [4.78, 5) is 0. The smallest absolute Gasteiger partial charge is 0.264 e. The Labute approximate surface area is 162 Å². The third-order valence-electron chi connectivity index (χ3n) is 4.74. The van der Waals surface area contributed by atoms with Crippen molar-refractivity contribution in [1.29, 1.82) is 0 Å². The van der Waals surface area contributed by atoms with Crippen molar-refractivity contribution >= 4 is 10.4 Å². The molecule has 0 heterocycles. The van der Waals surface area contributed by atoms with Crippen molar-refractivity contribution < 1.29 is 17.2 Å². The highest BCUT2D eigenvalue weighted by Gasteiger charge is 2.11. The molecule has 4 nitrogen and oxygen atoms in total. The molecule has 26 heavy (non-hydrogen) atoms. The average Bonchev–Trinajstić information content (AvgIpc) is 2.59. The first-order valence-electron chi connectivity index (χ1n) is 10.8. The van der Waals surface area contributed by atoms with Crippen molar-refractivity contribution in [3.63, 3.8) is 0 Å². The van der Waals surface area contributed by atoms with Gasteiger partial charge < -0.3 is 0 Å². The Morgan fingerprint density at radius 1 is 0.808 bits per heavy atom. The van der Waals surface area contributed by atoms with E-state index in [1.54, 1.807) is 0 Å². The quantitative estimate of drug-likeness (QED) is 0.148. The lowest BCUT2D eigenvalue weighted by Gasteiger charge is -2.12. The summed E-state index contributed by atoms with van der Waals surface area (Å²) < 4.78 is 35.0. The van der Waals surface area contributed by atoms with Crippen LogP contribution >= 0.6 is 0 Å². The zero-order chi connectivity index (χ0) is 19.5. The summed E-state index contributed by atoms with van der Waals surface area (Å²) in [5.41, 5.74) is 0. The first kappa shape index (κ1) is 25.6. The lowest BCUT2D eigenvalue weighted by Crippen LogP contribution is -2.12. The topological polar surface area (TPSA) is 63.6 Å². The molecule has 0 aliphatic rings. The van der Waals surface area contributed by atoms with Crippen LogP contribution in [0.15, 0.2) is 12.2 Å². The summed E-state index contributed by atoms with van der Waals surface area (Å²) in [5, 5.41) is 0. The van der Waals surface area contributed by atoms with Gasteiger partial charge in [-0.05, 0) is 19.3 Å². The number of allylic oxidation sites excluding steroid dienone is 1. The van der Waals surface area contributed by atoms with Crippen molar-refractivity contribution in [1.82, 2.24) is 0 Å². The third kappa shape index (κ3) is 19.9. The van der Waals surface area contributed by atoms with E-state index in [1.165, 1.54) is 77.0 Å². The molecular formula is C21H42O4S. The number of rotatable bonds is 19. The van der Waals surface area contributed by atoms with Gasteiger partial charge in [-0.1, -0.05) is 103 Å². The van der Waals surface area contributed by atoms with Gasteiger partial charge >= 0.3 is 10.4 Å². The molecule has 0 saturated heterocycles. The molecule has 1 N–H and O–H groups in total. The monoisotopic (exact) mass is 390 g/mol. The fraction of sp³-hybridized carbons (Fsp3) is 0.905. The van der Waals surface area contributed by atoms with Gasteiger partial charge in [0.05, 0.1) is 6.61 Å². The molecule has 0 aromatic carbocycles. The van der Waals surface area contributed by atoms with Gasteiger partial charge in [0.15, 0.2) is 0 Å². The summed E-state index contributed by atoms with van der Waals surface area (Å²) in [6, 6.07) is 0. The summed E-state index contributed by atoms with van der Waals surface area (Å²) in [6.45, 7) is 4.49. The summed E-state index contributed by atoms with van der Waals surface area (Å²) in [6.07, 6.45) is 22.5. The van der Waals surface area contributed by atoms with Gasteiger partial charge in [-0.3, -0.25) is 4.55 Å². The van der Waals surface area contributed by atoms with E-state index in [0.29, 0.717) is 0 Å². The van der Waals surface area contributed by atoms with Gasteiger partial charge in [0.1, 0.15) is 0 Å². The van der Waals surface area contributed by atoms with Crippen molar-refractivity contribution in [2.45, 2.75) is 110 Å². The molecule has 0 bridgehead atoms. The second kappa shape index (κ2) is 18.0. The van der Waals surface area contributed by atoms with Crippen LogP contribution in [0.25, 0.3) is 0 Å². The molecule has 0 radical (unpaired) electrons. The Hall–Kier alpha value is -0.390. The molecule has 0 fully saturated rings. The van der Waals surface area contributed by atoms with E-state index in [4.69, 9.17) is 4.55 Å². The van der Waals surface area contributed by atoms with E-state index >= 15 is 0 Å². The molecule has 0 rings (SSSR count). The highest BCUT2D eigenvalue weighted by atomic mass is 32.3. The highest BCUT2D eigenvalue weighted by Crippen LogP contribution is 2.16. The normalized spacial score (nSPS) is 13.5. The second-order valence-corrected chi connectivity index (χ2v) is 8.46. The van der Waals surface area contributed by atoms with Gasteiger partial charge in [0, 0.05) is 5.92 Å². The zero-order valence-electron chi connectivity index (χ0n) is 17.1. The highest BCUT2D eigenvalue weighted by molar-refractivity contribution is 7.80. The molecular weight excluding hydrogens is 348 g/mol. The maximum atomic E-state index is 10.8. The van der Waals surface area contributed by atoms with Crippen molar-refractivity contribution in [2.24, 2.45) is 5.92 Å². The van der Waals surface area contributed by atoms with E-state index in [0.717, 1.165) is 19.3 Å². The predicted molar refractivity (Wildman–Crippen MR) is 111 cm³/mol. The van der Waals surface area contributed by atoms with E-state index in [2.05, 4.69) is 30.2 Å². The molecule has 0 aliphatic carbocycles. The van der Waals surface area contributed by atoms with Gasteiger partial charge in [-0.15, -0.1) is 0 Å². The summed E-state index contributed by atoms with van der Waals surface area (Å²) in [5.74, 6) is 0.0626. The van der Waals surface area contributed by atoms with E-state index < -0.39 is 10.4 Å². The minimum Gasteiger partial charge on any atom is -0.264 e. The molecule has 0 amide bonds. The van der Waals surface area contributed by atoms with Crippen LogP contribution in [0.5, 0.6) is 0 Å². The van der Waals surface area contributed by atoms with E-state index in [1.807, 2.05) is 0 Å². The van der Waals surface area contributed by atoms with Crippen molar-refractivity contribution in [3.05, 3.63) is 12.2 Å². The second-order valence-electron chi connectivity index (χ2n) is 7.37. The van der Waals surface area contributed by atoms with Gasteiger partial charge in [0.25, 0.3) is 0 Å². The van der Waals surface area contributed by atoms with Gasteiger partial charge in [-0.2, -0.15) is 8.42 Å². The Morgan fingerprint density at radius 2 is 1.31 bits per heavy atom. The fourth-order valence-corrected chi connectivity index (χ4v) is 3.45. The first-order chi connectivity index (χ1) is 12.5. The molecule has 0 spiro atoms. The summed E-state index contributed by atoms with van der Waals surface area (Å²) in [7, 11) is -4.35. The van der Waals surface area contributed by atoms with Gasteiger partial charge in [-0.25, -0.2) is 4.18 Å². The zero-order valence-corrected chi connectivity index (χ0v) is 17.9. The van der Waals surface area contributed by atoms with Crippen LogP contribution in [0.2, 0.25) is 0 Å². The lowest BCUT2D eigenvalue weighted by molar-refractivity contribution is 0.234. The first-order valence-corrected chi connectivity index (χ1v) is 12.1. The Morgan fingerprint density at radius 3 is 1.85 bits per heavy atom. The van der Waals surface area contributed by atoms with Crippen LogP contribution in [0.1, 0.15) is 110 Å². The van der Waals surface area contributed by atoms with Crippen LogP contribution in [-0.4, -0.2) is 19.6 Å². The minimum absolute atomic E-state index is 0.0433. The van der Waals surface area contributed by atoms with Crippen LogP contribution in [0.4, 0.5) is 0 Å². The maximum Gasteiger partial charge on any atom is 0.397 e. The number of unbranched alkanes of at least 4 members (excludes halogenated alkanes) is 12. The summed E-state index contributed by atoms with van der Waals surface area (Å²) >= 11 is 0. The predicted octanol–water partition coefficient (Wildman–Crippen LogP) is 6.87. The van der Waals surface area contributed by atoms with Crippen molar-refractivity contribution in [3.8, 4) is 0 Å². The molecule has 1 unspecified atom stereocenters. The number of hydrogen-bond donors (Lipinski definition) is 1. The number of hydrogen-bond acceptors (Lipinski definition) is 3. The molecule has 1 atom stereocenters. The van der Waals surface area contributed by atoms with Crippen LogP contribution < -0.4 is 0 Å². The third-order valence-corrected chi connectivity index (χ3v) is 5.18. The molecule has 0 aromatic heterocycles. The molecule has 5 heteroatoms. The average molecular weight is 391 g/mol. The van der Waals surface area contributed by atoms with E-state index in [-0.39, 0.29) is 12.5 Å².